The Bertz CT molecular complexity index is 1340. The number of carbonyl (C=O) groups is 2. The maximum Gasteiger partial charge on any atom is 0.331 e. The van der Waals surface area contributed by atoms with Gasteiger partial charge in [-0.25, -0.2) is 4.79 Å². The van der Waals surface area contributed by atoms with Crippen LogP contribution in [0.1, 0.15) is 23.6 Å². The fourth-order valence-electron chi connectivity index (χ4n) is 3.88. The van der Waals surface area contributed by atoms with E-state index in [-0.39, 0.29) is 18.0 Å². The summed E-state index contributed by atoms with van der Waals surface area (Å²) in [5.41, 5.74) is 3.99. The summed E-state index contributed by atoms with van der Waals surface area (Å²) >= 11 is 0. The first-order valence-electron chi connectivity index (χ1n) is 11.5. The SMILES string of the molecule is C/C(=C\c1cn(CC(=O)NCCc2ccccc2)c2ccc(OCc3ccccc3)cc12)C(=O)O. The number of ether oxygens (including phenoxy) is 1. The quantitative estimate of drug-likeness (QED) is 0.319. The molecule has 0 unspecified atom stereocenters. The van der Waals surface area contributed by atoms with E-state index in [2.05, 4.69) is 5.32 Å². The molecule has 178 valence electrons. The lowest BCUT2D eigenvalue weighted by atomic mass is 10.1. The van der Waals surface area contributed by atoms with Crippen LogP contribution in [0.5, 0.6) is 5.75 Å². The van der Waals surface area contributed by atoms with Gasteiger partial charge in [0.1, 0.15) is 18.9 Å². The Morgan fingerprint density at radius 2 is 1.66 bits per heavy atom. The Balaban J connectivity index is 1.52. The van der Waals surface area contributed by atoms with Crippen molar-refractivity contribution in [3.8, 4) is 5.75 Å². The number of fused-ring (bicyclic) bond motifs is 1. The molecule has 4 aromatic rings. The highest BCUT2D eigenvalue weighted by molar-refractivity contribution is 5.97. The maximum absolute atomic E-state index is 12.6. The molecule has 0 atom stereocenters. The number of carboxylic acid groups (broad SMARTS) is 1. The van der Waals surface area contributed by atoms with Crippen LogP contribution in [0.15, 0.2) is 90.6 Å². The summed E-state index contributed by atoms with van der Waals surface area (Å²) in [6, 6.07) is 25.5. The summed E-state index contributed by atoms with van der Waals surface area (Å²) in [6.45, 7) is 2.66. The number of carbonyl (C=O) groups excluding carboxylic acids is 1. The van der Waals surface area contributed by atoms with Gasteiger partial charge in [-0.05, 0) is 48.7 Å². The molecule has 1 heterocycles. The van der Waals surface area contributed by atoms with E-state index in [0.717, 1.165) is 28.5 Å². The third-order valence-corrected chi connectivity index (χ3v) is 5.73. The number of hydrogen-bond acceptors (Lipinski definition) is 3. The van der Waals surface area contributed by atoms with Crippen LogP contribution in [0, 0.1) is 0 Å². The number of carboxylic acids is 1. The molecule has 0 aliphatic heterocycles. The second-order valence-electron chi connectivity index (χ2n) is 8.38. The van der Waals surface area contributed by atoms with Gasteiger partial charge >= 0.3 is 5.97 Å². The third kappa shape index (κ3) is 6.38. The first kappa shape index (κ1) is 23.8. The van der Waals surface area contributed by atoms with E-state index in [9.17, 15) is 14.7 Å². The van der Waals surface area contributed by atoms with Crippen molar-refractivity contribution >= 4 is 28.9 Å². The molecular weight excluding hydrogens is 440 g/mol. The molecule has 0 bridgehead atoms. The standard InChI is InChI=1S/C29H28N2O4/c1-21(29(33)34)16-24-18-31(19-28(32)30-15-14-22-8-4-2-5-9-22)27-13-12-25(17-26(24)27)35-20-23-10-6-3-7-11-23/h2-13,16-18H,14-15,19-20H2,1H3,(H,30,32)(H,33,34)/b21-16+. The van der Waals surface area contributed by atoms with Gasteiger partial charge in [0.2, 0.25) is 5.91 Å². The zero-order chi connectivity index (χ0) is 24.6. The first-order chi connectivity index (χ1) is 17.0. The van der Waals surface area contributed by atoms with E-state index in [0.29, 0.717) is 18.9 Å². The Morgan fingerprint density at radius 3 is 2.34 bits per heavy atom. The van der Waals surface area contributed by atoms with Crippen LogP contribution in [0.3, 0.4) is 0 Å². The van der Waals surface area contributed by atoms with E-state index >= 15 is 0 Å². The summed E-state index contributed by atoms with van der Waals surface area (Å²) < 4.78 is 7.81. The number of amides is 1. The fraction of sp³-hybridized carbons (Fsp3) is 0.172. The molecule has 6 nitrogen and oxygen atoms in total. The molecule has 0 aliphatic carbocycles. The largest absolute Gasteiger partial charge is 0.489 e. The number of aromatic nitrogens is 1. The van der Waals surface area contributed by atoms with Crippen molar-refractivity contribution < 1.29 is 19.4 Å². The van der Waals surface area contributed by atoms with Crippen LogP contribution < -0.4 is 10.1 Å². The van der Waals surface area contributed by atoms with E-state index < -0.39 is 5.97 Å². The number of rotatable bonds is 10. The number of benzene rings is 3. The predicted molar refractivity (Wildman–Crippen MR) is 137 cm³/mol. The van der Waals surface area contributed by atoms with Crippen molar-refractivity contribution in [2.24, 2.45) is 0 Å². The van der Waals surface area contributed by atoms with Crippen molar-refractivity contribution in [3.05, 3.63) is 107 Å². The monoisotopic (exact) mass is 468 g/mol. The van der Waals surface area contributed by atoms with E-state index in [1.54, 1.807) is 13.0 Å². The van der Waals surface area contributed by atoms with Crippen LogP contribution in [0.25, 0.3) is 17.0 Å². The molecule has 2 N–H and O–H groups in total. The minimum Gasteiger partial charge on any atom is -0.489 e. The molecule has 0 aliphatic rings. The van der Waals surface area contributed by atoms with Crippen molar-refractivity contribution in [2.75, 3.05) is 6.54 Å². The van der Waals surface area contributed by atoms with Crippen molar-refractivity contribution in [2.45, 2.75) is 26.5 Å². The van der Waals surface area contributed by atoms with E-state index in [1.165, 1.54) is 5.56 Å². The molecule has 0 saturated carbocycles. The Kier molecular flexibility index (Phi) is 7.63. The van der Waals surface area contributed by atoms with Crippen LogP contribution >= 0.6 is 0 Å². The summed E-state index contributed by atoms with van der Waals surface area (Å²) in [4.78, 5) is 24.1. The molecule has 6 heteroatoms. The van der Waals surface area contributed by atoms with Gasteiger partial charge in [-0.3, -0.25) is 4.79 Å². The highest BCUT2D eigenvalue weighted by Crippen LogP contribution is 2.28. The zero-order valence-electron chi connectivity index (χ0n) is 19.6. The zero-order valence-corrected chi connectivity index (χ0v) is 19.6. The number of hydrogen-bond donors (Lipinski definition) is 2. The van der Waals surface area contributed by atoms with Crippen LogP contribution in [-0.4, -0.2) is 28.1 Å². The lowest BCUT2D eigenvalue weighted by Gasteiger charge is -2.09. The second-order valence-corrected chi connectivity index (χ2v) is 8.38. The number of nitrogens with one attached hydrogen (secondary N) is 1. The maximum atomic E-state index is 12.6. The Morgan fingerprint density at radius 1 is 0.971 bits per heavy atom. The number of nitrogens with zero attached hydrogens (tertiary/aromatic N) is 1. The lowest BCUT2D eigenvalue weighted by Crippen LogP contribution is -2.29. The minimum atomic E-state index is -0.985. The van der Waals surface area contributed by atoms with Crippen molar-refractivity contribution in [3.63, 3.8) is 0 Å². The summed E-state index contributed by atoms with van der Waals surface area (Å²) in [5, 5.41) is 13.2. The van der Waals surface area contributed by atoms with Gasteiger partial charge in [-0.2, -0.15) is 0 Å². The Hall–Kier alpha value is -4.32. The van der Waals surface area contributed by atoms with Gasteiger partial charge in [0, 0.05) is 34.8 Å². The molecule has 3 aromatic carbocycles. The smallest absolute Gasteiger partial charge is 0.331 e. The van der Waals surface area contributed by atoms with Gasteiger partial charge in [0.05, 0.1) is 0 Å². The van der Waals surface area contributed by atoms with Crippen LogP contribution in [0.4, 0.5) is 0 Å². The molecule has 0 saturated heterocycles. The Labute approximate surface area is 204 Å². The second kappa shape index (κ2) is 11.2. The fourth-order valence-corrected chi connectivity index (χ4v) is 3.88. The van der Waals surface area contributed by atoms with Gasteiger partial charge in [-0.15, -0.1) is 0 Å². The van der Waals surface area contributed by atoms with Gasteiger partial charge in [-0.1, -0.05) is 60.7 Å². The van der Waals surface area contributed by atoms with E-state index in [1.807, 2.05) is 89.6 Å². The molecule has 35 heavy (non-hydrogen) atoms. The van der Waals surface area contributed by atoms with Gasteiger partial charge in [0.25, 0.3) is 0 Å². The van der Waals surface area contributed by atoms with Crippen molar-refractivity contribution in [1.82, 2.24) is 9.88 Å². The predicted octanol–water partition coefficient (Wildman–Crippen LogP) is 5.07. The van der Waals surface area contributed by atoms with Crippen molar-refractivity contribution in [1.29, 1.82) is 0 Å². The summed E-state index contributed by atoms with van der Waals surface area (Å²) in [7, 11) is 0. The average Bonchev–Trinajstić information content (AvgIpc) is 3.20. The first-order valence-corrected chi connectivity index (χ1v) is 11.5. The highest BCUT2D eigenvalue weighted by Gasteiger charge is 2.13. The van der Waals surface area contributed by atoms with E-state index in [4.69, 9.17) is 4.74 Å². The third-order valence-electron chi connectivity index (χ3n) is 5.73. The van der Waals surface area contributed by atoms with Gasteiger partial charge < -0.3 is 19.7 Å². The highest BCUT2D eigenvalue weighted by atomic mass is 16.5. The van der Waals surface area contributed by atoms with Crippen LogP contribution in [-0.2, 0) is 29.2 Å². The molecule has 0 spiro atoms. The topological polar surface area (TPSA) is 80.6 Å². The average molecular weight is 469 g/mol. The minimum absolute atomic E-state index is 0.104. The van der Waals surface area contributed by atoms with Crippen LogP contribution in [0.2, 0.25) is 0 Å². The molecule has 1 amide bonds. The van der Waals surface area contributed by atoms with Gasteiger partial charge in [0.15, 0.2) is 0 Å². The molecule has 0 fully saturated rings. The normalized spacial score (nSPS) is 11.4. The molecule has 4 rings (SSSR count). The number of aliphatic carboxylic acids is 1. The lowest BCUT2D eigenvalue weighted by molar-refractivity contribution is -0.132. The molecule has 0 radical (unpaired) electrons. The molecular formula is C29H28N2O4. The summed E-state index contributed by atoms with van der Waals surface area (Å²) in [6.07, 6.45) is 4.19. The summed E-state index contributed by atoms with van der Waals surface area (Å²) in [5.74, 6) is -0.414. The molecule has 1 aromatic heterocycles.